The molecule has 1 aliphatic heterocycles. The molecule has 0 aliphatic carbocycles. The SMILES string of the molecule is CCOc1ccccc1NC(=O)[C@H](CCSC)N1C(=O)c2ccccc2C1=O. The molecular formula is C21H22N2O4S. The van der Waals surface area contributed by atoms with Crippen LogP contribution in [-0.2, 0) is 4.79 Å². The van der Waals surface area contributed by atoms with Crippen molar-refractivity contribution in [2.24, 2.45) is 0 Å². The van der Waals surface area contributed by atoms with Crippen LogP contribution in [0.2, 0.25) is 0 Å². The molecule has 3 amide bonds. The second-order valence-electron chi connectivity index (χ2n) is 6.24. The van der Waals surface area contributed by atoms with E-state index in [1.807, 2.05) is 19.2 Å². The van der Waals surface area contributed by atoms with Crippen LogP contribution in [0.15, 0.2) is 48.5 Å². The zero-order valence-corrected chi connectivity index (χ0v) is 16.6. The van der Waals surface area contributed by atoms with Crippen LogP contribution in [0.4, 0.5) is 5.69 Å². The number of thioether (sulfide) groups is 1. The van der Waals surface area contributed by atoms with Gasteiger partial charge in [0.2, 0.25) is 5.91 Å². The van der Waals surface area contributed by atoms with Crippen LogP contribution < -0.4 is 10.1 Å². The van der Waals surface area contributed by atoms with Crippen LogP contribution in [0, 0.1) is 0 Å². The number of benzene rings is 2. The highest BCUT2D eigenvalue weighted by Gasteiger charge is 2.42. The van der Waals surface area contributed by atoms with Crippen molar-refractivity contribution in [3.63, 3.8) is 0 Å². The third-order valence-corrected chi connectivity index (χ3v) is 5.12. The lowest BCUT2D eigenvalue weighted by Gasteiger charge is -2.25. The Morgan fingerprint density at radius 1 is 1.07 bits per heavy atom. The number of hydrogen-bond donors (Lipinski definition) is 1. The Morgan fingerprint density at radius 3 is 2.29 bits per heavy atom. The lowest BCUT2D eigenvalue weighted by molar-refractivity contribution is -0.120. The van der Waals surface area contributed by atoms with Crippen molar-refractivity contribution in [2.75, 3.05) is 23.9 Å². The number of anilines is 1. The van der Waals surface area contributed by atoms with Crippen LogP contribution in [-0.4, -0.2) is 47.3 Å². The number of nitrogens with zero attached hydrogens (tertiary/aromatic N) is 1. The van der Waals surface area contributed by atoms with Crippen LogP contribution in [0.25, 0.3) is 0 Å². The maximum atomic E-state index is 13.1. The van der Waals surface area contributed by atoms with E-state index in [0.717, 1.165) is 4.90 Å². The second-order valence-corrected chi connectivity index (χ2v) is 7.23. The smallest absolute Gasteiger partial charge is 0.262 e. The van der Waals surface area contributed by atoms with Gasteiger partial charge in [-0.2, -0.15) is 11.8 Å². The molecule has 0 unspecified atom stereocenters. The van der Waals surface area contributed by atoms with E-state index in [1.165, 1.54) is 0 Å². The summed E-state index contributed by atoms with van der Waals surface area (Å²) in [5, 5.41) is 2.83. The first kappa shape index (κ1) is 19.9. The molecule has 3 rings (SSSR count). The normalized spacial score (nSPS) is 14.0. The summed E-state index contributed by atoms with van der Waals surface area (Å²) in [4.78, 5) is 39.8. The van der Waals surface area contributed by atoms with Gasteiger partial charge in [0.15, 0.2) is 0 Å². The van der Waals surface area contributed by atoms with Gasteiger partial charge < -0.3 is 10.1 Å². The zero-order chi connectivity index (χ0) is 20.1. The number of nitrogens with one attached hydrogen (secondary N) is 1. The fourth-order valence-corrected chi connectivity index (χ4v) is 3.62. The molecular weight excluding hydrogens is 376 g/mol. The summed E-state index contributed by atoms with van der Waals surface area (Å²) in [7, 11) is 0. The van der Waals surface area contributed by atoms with Crippen molar-refractivity contribution in [3.8, 4) is 5.75 Å². The van der Waals surface area contributed by atoms with Crippen LogP contribution in [0.3, 0.4) is 0 Å². The molecule has 6 nitrogen and oxygen atoms in total. The fourth-order valence-electron chi connectivity index (χ4n) is 3.17. The summed E-state index contributed by atoms with van der Waals surface area (Å²) in [6.07, 6.45) is 2.29. The highest BCUT2D eigenvalue weighted by Crippen LogP contribution is 2.28. The molecule has 0 saturated heterocycles. The monoisotopic (exact) mass is 398 g/mol. The molecule has 28 heavy (non-hydrogen) atoms. The number of fused-ring (bicyclic) bond motifs is 1. The first-order valence-electron chi connectivity index (χ1n) is 9.07. The number of ether oxygens (including phenoxy) is 1. The number of carbonyl (C=O) groups is 3. The minimum atomic E-state index is -0.894. The Hall–Kier alpha value is -2.80. The van der Waals surface area contributed by atoms with Gasteiger partial charge in [-0.25, -0.2) is 0 Å². The maximum absolute atomic E-state index is 13.1. The predicted molar refractivity (Wildman–Crippen MR) is 110 cm³/mol. The Kier molecular flexibility index (Phi) is 6.36. The van der Waals surface area contributed by atoms with Crippen molar-refractivity contribution in [3.05, 3.63) is 59.7 Å². The van der Waals surface area contributed by atoms with Gasteiger partial charge in [-0.3, -0.25) is 19.3 Å². The molecule has 0 spiro atoms. The molecule has 0 bridgehead atoms. The van der Waals surface area contributed by atoms with Crippen LogP contribution in [0.1, 0.15) is 34.1 Å². The average molecular weight is 398 g/mol. The highest BCUT2D eigenvalue weighted by atomic mass is 32.2. The van der Waals surface area contributed by atoms with E-state index in [1.54, 1.807) is 54.2 Å². The van der Waals surface area contributed by atoms with Gasteiger partial charge in [-0.1, -0.05) is 24.3 Å². The number of carbonyl (C=O) groups excluding carboxylic acids is 3. The van der Waals surface area contributed by atoms with E-state index in [2.05, 4.69) is 5.32 Å². The van der Waals surface area contributed by atoms with Gasteiger partial charge in [-0.15, -0.1) is 0 Å². The maximum Gasteiger partial charge on any atom is 0.262 e. The Morgan fingerprint density at radius 2 is 1.68 bits per heavy atom. The summed E-state index contributed by atoms with van der Waals surface area (Å²) in [6.45, 7) is 2.32. The fraction of sp³-hybridized carbons (Fsp3) is 0.286. The molecule has 2 aromatic carbocycles. The number of imide groups is 1. The van der Waals surface area contributed by atoms with Crippen molar-refractivity contribution >= 4 is 35.2 Å². The van der Waals surface area contributed by atoms with E-state index < -0.39 is 23.8 Å². The van der Waals surface area contributed by atoms with Gasteiger partial charge >= 0.3 is 0 Å². The summed E-state index contributed by atoms with van der Waals surface area (Å²) < 4.78 is 5.55. The molecule has 0 fully saturated rings. The van der Waals surface area contributed by atoms with Crippen LogP contribution >= 0.6 is 11.8 Å². The Bertz CT molecular complexity index is 864. The van der Waals surface area contributed by atoms with Crippen molar-refractivity contribution in [1.82, 2.24) is 4.90 Å². The summed E-state index contributed by atoms with van der Waals surface area (Å²) in [6, 6.07) is 12.9. The Balaban J connectivity index is 1.88. The average Bonchev–Trinajstić information content (AvgIpc) is 2.95. The molecule has 1 N–H and O–H groups in total. The summed E-state index contributed by atoms with van der Waals surface area (Å²) in [5.74, 6) is -0.0848. The molecule has 0 aromatic heterocycles. The first-order chi connectivity index (χ1) is 13.6. The quantitative estimate of drug-likeness (QED) is 0.690. The van der Waals surface area contributed by atoms with E-state index in [4.69, 9.17) is 4.74 Å². The van der Waals surface area contributed by atoms with Crippen molar-refractivity contribution in [1.29, 1.82) is 0 Å². The number of amides is 3. The number of rotatable bonds is 8. The van der Waals surface area contributed by atoms with Gasteiger partial charge in [0, 0.05) is 0 Å². The van der Waals surface area contributed by atoms with Gasteiger partial charge in [0.1, 0.15) is 11.8 Å². The molecule has 146 valence electrons. The summed E-state index contributed by atoms with van der Waals surface area (Å²) >= 11 is 1.56. The van der Waals surface area contributed by atoms with Gasteiger partial charge in [-0.05, 0) is 49.6 Å². The molecule has 7 heteroatoms. The van der Waals surface area contributed by atoms with E-state index in [-0.39, 0.29) is 0 Å². The van der Waals surface area contributed by atoms with Gasteiger partial charge in [0.25, 0.3) is 11.8 Å². The van der Waals surface area contributed by atoms with E-state index in [9.17, 15) is 14.4 Å². The molecule has 0 radical (unpaired) electrons. The van der Waals surface area contributed by atoms with E-state index in [0.29, 0.717) is 41.3 Å². The second kappa shape index (κ2) is 8.93. The lowest BCUT2D eigenvalue weighted by atomic mass is 10.1. The molecule has 1 atom stereocenters. The predicted octanol–water partition coefficient (Wildman–Crippen LogP) is 3.44. The third-order valence-electron chi connectivity index (χ3n) is 4.48. The molecule has 1 heterocycles. The molecule has 1 aliphatic rings. The van der Waals surface area contributed by atoms with Gasteiger partial charge in [0.05, 0.1) is 23.4 Å². The van der Waals surface area contributed by atoms with Crippen molar-refractivity contribution < 1.29 is 19.1 Å². The lowest BCUT2D eigenvalue weighted by Crippen LogP contribution is -2.47. The zero-order valence-electron chi connectivity index (χ0n) is 15.8. The topological polar surface area (TPSA) is 75.7 Å². The minimum absolute atomic E-state index is 0.337. The standard InChI is InChI=1S/C21H22N2O4S/c1-3-27-18-11-7-6-10-16(18)22-19(24)17(12-13-28-2)23-20(25)14-8-4-5-9-15(14)21(23)26/h4-11,17H,3,12-13H2,1-2H3,(H,22,24)/t17-/m0/s1. The van der Waals surface area contributed by atoms with Crippen molar-refractivity contribution in [2.45, 2.75) is 19.4 Å². The van der Waals surface area contributed by atoms with Crippen LogP contribution in [0.5, 0.6) is 5.75 Å². The molecule has 2 aromatic rings. The van der Waals surface area contributed by atoms with E-state index >= 15 is 0 Å². The largest absolute Gasteiger partial charge is 0.492 e. The minimum Gasteiger partial charge on any atom is -0.492 e. The Labute approximate surface area is 168 Å². The molecule has 0 saturated carbocycles. The number of para-hydroxylation sites is 2. The highest BCUT2D eigenvalue weighted by molar-refractivity contribution is 7.98. The third kappa shape index (κ3) is 3.89. The number of hydrogen-bond acceptors (Lipinski definition) is 5. The first-order valence-corrected chi connectivity index (χ1v) is 10.5. The summed E-state index contributed by atoms with van der Waals surface area (Å²) in [5.41, 5.74) is 1.19.